The first-order valence-corrected chi connectivity index (χ1v) is 8.90. The molecule has 1 aromatic heterocycles. The molecule has 1 aliphatic heterocycles. The van der Waals surface area contributed by atoms with E-state index in [2.05, 4.69) is 25.8 Å². The van der Waals surface area contributed by atoms with Crippen molar-refractivity contribution >= 4 is 22.7 Å². The standard InChI is InChI=1S/C20H27N3O2/c1-14-18(15-7-5-6-8-16(15)21-14)19(25)23-11-9-22(10-12-23)17(24)13-20(2,3)4/h5-8,21H,9-13H2,1-4H3. The van der Waals surface area contributed by atoms with Gasteiger partial charge in [0.1, 0.15) is 0 Å². The number of H-pyrrole nitrogens is 1. The number of benzene rings is 1. The van der Waals surface area contributed by atoms with Crippen LogP contribution in [0.1, 0.15) is 43.2 Å². The molecule has 0 saturated carbocycles. The third-order valence-electron chi connectivity index (χ3n) is 4.71. The Balaban J connectivity index is 1.69. The topological polar surface area (TPSA) is 56.4 Å². The van der Waals surface area contributed by atoms with E-state index in [-0.39, 0.29) is 17.2 Å². The number of nitrogens with zero attached hydrogens (tertiary/aromatic N) is 2. The maximum absolute atomic E-state index is 13.0. The van der Waals surface area contributed by atoms with E-state index in [0.717, 1.165) is 22.2 Å². The molecule has 1 N–H and O–H groups in total. The fourth-order valence-electron chi connectivity index (χ4n) is 3.43. The first-order chi connectivity index (χ1) is 11.8. The van der Waals surface area contributed by atoms with E-state index in [1.54, 1.807) is 0 Å². The summed E-state index contributed by atoms with van der Waals surface area (Å²) in [5.74, 6) is 0.237. The van der Waals surface area contributed by atoms with E-state index in [9.17, 15) is 9.59 Å². The first kappa shape index (κ1) is 17.5. The smallest absolute Gasteiger partial charge is 0.256 e. The van der Waals surface area contributed by atoms with Crippen molar-refractivity contribution in [3.63, 3.8) is 0 Å². The summed E-state index contributed by atoms with van der Waals surface area (Å²) in [5.41, 5.74) is 2.63. The van der Waals surface area contributed by atoms with Gasteiger partial charge in [0, 0.05) is 49.2 Å². The summed E-state index contributed by atoms with van der Waals surface area (Å²) >= 11 is 0. The molecule has 25 heavy (non-hydrogen) atoms. The number of nitrogens with one attached hydrogen (secondary N) is 1. The molecular weight excluding hydrogens is 314 g/mol. The highest BCUT2D eigenvalue weighted by Gasteiger charge is 2.28. The molecule has 0 bridgehead atoms. The number of hydrogen-bond acceptors (Lipinski definition) is 2. The molecule has 2 aromatic rings. The molecule has 0 unspecified atom stereocenters. The number of fused-ring (bicyclic) bond motifs is 1. The molecule has 0 aliphatic carbocycles. The molecule has 2 amide bonds. The van der Waals surface area contributed by atoms with Crippen molar-refractivity contribution in [2.24, 2.45) is 5.41 Å². The Bertz CT molecular complexity index is 793. The number of aromatic nitrogens is 1. The zero-order valence-corrected chi connectivity index (χ0v) is 15.6. The highest BCUT2D eigenvalue weighted by Crippen LogP contribution is 2.24. The molecule has 134 valence electrons. The number of hydrogen-bond donors (Lipinski definition) is 1. The summed E-state index contributed by atoms with van der Waals surface area (Å²) in [6, 6.07) is 7.89. The minimum absolute atomic E-state index is 0.00874. The molecule has 1 aromatic carbocycles. The predicted molar refractivity (Wildman–Crippen MR) is 99.6 cm³/mol. The van der Waals surface area contributed by atoms with Gasteiger partial charge < -0.3 is 14.8 Å². The second-order valence-corrected chi connectivity index (χ2v) is 8.08. The van der Waals surface area contributed by atoms with Crippen molar-refractivity contribution in [1.29, 1.82) is 0 Å². The van der Waals surface area contributed by atoms with E-state index in [1.165, 1.54) is 0 Å². The average molecular weight is 341 g/mol. The summed E-state index contributed by atoms with van der Waals surface area (Å²) in [6.07, 6.45) is 0.544. The Kier molecular flexibility index (Phi) is 4.58. The number of aryl methyl sites for hydroxylation is 1. The van der Waals surface area contributed by atoms with Crippen LogP contribution in [0.3, 0.4) is 0 Å². The first-order valence-electron chi connectivity index (χ1n) is 8.90. The van der Waals surface area contributed by atoms with Crippen molar-refractivity contribution in [3.8, 4) is 0 Å². The summed E-state index contributed by atoms with van der Waals surface area (Å²) in [6.45, 7) is 10.6. The third-order valence-corrected chi connectivity index (χ3v) is 4.71. The summed E-state index contributed by atoms with van der Waals surface area (Å²) < 4.78 is 0. The van der Waals surface area contributed by atoms with Gasteiger partial charge in [-0.05, 0) is 18.4 Å². The van der Waals surface area contributed by atoms with Crippen LogP contribution in [0.5, 0.6) is 0 Å². The van der Waals surface area contributed by atoms with Gasteiger partial charge in [-0.3, -0.25) is 9.59 Å². The molecule has 1 saturated heterocycles. The predicted octanol–water partition coefficient (Wildman–Crippen LogP) is 3.20. The Morgan fingerprint density at radius 3 is 2.28 bits per heavy atom. The van der Waals surface area contributed by atoms with Gasteiger partial charge in [-0.1, -0.05) is 39.0 Å². The maximum Gasteiger partial charge on any atom is 0.256 e. The number of amides is 2. The highest BCUT2D eigenvalue weighted by atomic mass is 16.2. The Labute approximate surface area is 149 Å². The van der Waals surface area contributed by atoms with Crippen LogP contribution in [0.25, 0.3) is 10.9 Å². The van der Waals surface area contributed by atoms with Crippen LogP contribution in [0.2, 0.25) is 0 Å². The number of carbonyl (C=O) groups excluding carboxylic acids is 2. The van der Waals surface area contributed by atoms with E-state index < -0.39 is 0 Å². The minimum atomic E-state index is -0.00874. The number of aromatic amines is 1. The highest BCUT2D eigenvalue weighted by molar-refractivity contribution is 6.08. The lowest BCUT2D eigenvalue weighted by molar-refractivity contribution is -0.134. The molecule has 3 rings (SSSR count). The molecule has 0 atom stereocenters. The lowest BCUT2D eigenvalue weighted by atomic mass is 9.91. The van der Waals surface area contributed by atoms with Crippen LogP contribution in [-0.2, 0) is 4.79 Å². The largest absolute Gasteiger partial charge is 0.358 e. The van der Waals surface area contributed by atoms with Gasteiger partial charge in [0.05, 0.1) is 5.56 Å². The van der Waals surface area contributed by atoms with Crippen LogP contribution in [0.15, 0.2) is 24.3 Å². The molecule has 1 fully saturated rings. The van der Waals surface area contributed by atoms with Crippen LogP contribution >= 0.6 is 0 Å². The zero-order valence-electron chi connectivity index (χ0n) is 15.6. The molecule has 0 spiro atoms. The second-order valence-electron chi connectivity index (χ2n) is 8.08. The lowest BCUT2D eigenvalue weighted by Crippen LogP contribution is -2.51. The SMILES string of the molecule is Cc1[nH]c2ccccc2c1C(=O)N1CCN(C(=O)CC(C)(C)C)CC1. The van der Waals surface area contributed by atoms with Crippen LogP contribution < -0.4 is 0 Å². The fraction of sp³-hybridized carbons (Fsp3) is 0.500. The van der Waals surface area contributed by atoms with Crippen molar-refractivity contribution < 1.29 is 9.59 Å². The van der Waals surface area contributed by atoms with Crippen molar-refractivity contribution in [3.05, 3.63) is 35.5 Å². The molecule has 5 nitrogen and oxygen atoms in total. The van der Waals surface area contributed by atoms with Crippen LogP contribution in [-0.4, -0.2) is 52.8 Å². The van der Waals surface area contributed by atoms with Crippen LogP contribution in [0, 0.1) is 12.3 Å². The summed E-state index contributed by atoms with van der Waals surface area (Å²) in [4.78, 5) is 32.4. The average Bonchev–Trinajstić information content (AvgIpc) is 2.88. The Hall–Kier alpha value is -2.30. The van der Waals surface area contributed by atoms with Gasteiger partial charge in [-0.15, -0.1) is 0 Å². The quantitative estimate of drug-likeness (QED) is 0.912. The second kappa shape index (κ2) is 6.54. The van der Waals surface area contributed by atoms with Gasteiger partial charge in [-0.25, -0.2) is 0 Å². The summed E-state index contributed by atoms with van der Waals surface area (Å²) in [5, 5.41) is 0.969. The lowest BCUT2D eigenvalue weighted by Gasteiger charge is -2.36. The summed E-state index contributed by atoms with van der Waals surface area (Å²) in [7, 11) is 0. The normalized spacial score (nSPS) is 15.7. The van der Waals surface area contributed by atoms with Crippen molar-refractivity contribution in [2.45, 2.75) is 34.1 Å². The number of para-hydroxylation sites is 1. The van der Waals surface area contributed by atoms with Gasteiger partial charge in [-0.2, -0.15) is 0 Å². The van der Waals surface area contributed by atoms with Crippen LogP contribution in [0.4, 0.5) is 0 Å². The minimum Gasteiger partial charge on any atom is -0.358 e. The van der Waals surface area contributed by atoms with Crippen molar-refractivity contribution in [2.75, 3.05) is 26.2 Å². The van der Waals surface area contributed by atoms with E-state index in [0.29, 0.717) is 32.6 Å². The van der Waals surface area contributed by atoms with Gasteiger partial charge in [0.15, 0.2) is 0 Å². The Morgan fingerprint density at radius 2 is 1.64 bits per heavy atom. The van der Waals surface area contributed by atoms with Crippen molar-refractivity contribution in [1.82, 2.24) is 14.8 Å². The van der Waals surface area contributed by atoms with E-state index in [1.807, 2.05) is 41.0 Å². The number of carbonyl (C=O) groups is 2. The third kappa shape index (κ3) is 3.70. The molecule has 5 heteroatoms. The molecular formula is C20H27N3O2. The van der Waals surface area contributed by atoms with E-state index >= 15 is 0 Å². The van der Waals surface area contributed by atoms with Gasteiger partial charge >= 0.3 is 0 Å². The zero-order chi connectivity index (χ0) is 18.2. The van der Waals surface area contributed by atoms with Gasteiger partial charge in [0.25, 0.3) is 5.91 Å². The fourth-order valence-corrected chi connectivity index (χ4v) is 3.43. The number of rotatable bonds is 2. The molecule has 2 heterocycles. The number of piperazine rings is 1. The van der Waals surface area contributed by atoms with E-state index in [4.69, 9.17) is 0 Å². The van der Waals surface area contributed by atoms with Gasteiger partial charge in [0.2, 0.25) is 5.91 Å². The molecule has 0 radical (unpaired) electrons. The molecule has 1 aliphatic rings. The Morgan fingerprint density at radius 1 is 1.04 bits per heavy atom. The monoisotopic (exact) mass is 341 g/mol. The maximum atomic E-state index is 13.0.